The Morgan fingerprint density at radius 1 is 0.286 bits per heavy atom. The van der Waals surface area contributed by atoms with Gasteiger partial charge in [-0.25, -0.2) is 0 Å². The van der Waals surface area contributed by atoms with Crippen LogP contribution in [0.3, 0.4) is 0 Å². The molecule has 0 unspecified atom stereocenters. The van der Waals surface area contributed by atoms with Gasteiger partial charge in [0.2, 0.25) is 0 Å². The van der Waals surface area contributed by atoms with Crippen LogP contribution in [0.1, 0.15) is 220 Å². The minimum absolute atomic E-state index is 0.948. The van der Waals surface area contributed by atoms with E-state index in [2.05, 4.69) is 20.8 Å². The van der Waals surface area contributed by atoms with Crippen LogP contribution in [0, 0.1) is 5.92 Å². The van der Waals surface area contributed by atoms with E-state index >= 15 is 0 Å². The predicted molar refractivity (Wildman–Crippen MR) is 164 cm³/mol. The number of hydrogen-bond donors (Lipinski definition) is 0. The Balaban J connectivity index is 3.02. The van der Waals surface area contributed by atoms with E-state index in [1.165, 1.54) is 199 Å². The second-order valence-electron chi connectivity index (χ2n) is 12.2. The molecule has 0 rings (SSSR count). The van der Waals surface area contributed by atoms with E-state index in [-0.39, 0.29) is 0 Å². The monoisotopic (exact) mass is 493 g/mol. The molecular weight excluding hydrogens is 420 g/mol. The van der Waals surface area contributed by atoms with Crippen molar-refractivity contribution in [1.82, 2.24) is 0 Å². The van der Waals surface area contributed by atoms with Gasteiger partial charge in [0, 0.05) is 0 Å². The summed E-state index contributed by atoms with van der Waals surface area (Å²) in [6.45, 7) is 7.04. The van der Waals surface area contributed by atoms with Crippen molar-refractivity contribution in [2.75, 3.05) is 0 Å². The van der Waals surface area contributed by atoms with E-state index in [0.29, 0.717) is 0 Å². The van der Waals surface area contributed by atoms with E-state index in [9.17, 15) is 0 Å². The van der Waals surface area contributed by atoms with Gasteiger partial charge in [0.25, 0.3) is 0 Å². The minimum atomic E-state index is 0.948. The van der Waals surface area contributed by atoms with Gasteiger partial charge < -0.3 is 0 Å². The van der Waals surface area contributed by atoms with E-state index in [1.54, 1.807) is 0 Å². The molecule has 0 heteroatoms. The van der Waals surface area contributed by atoms with Crippen molar-refractivity contribution in [2.45, 2.75) is 220 Å². The Morgan fingerprint density at radius 3 is 0.686 bits per heavy atom. The second-order valence-corrected chi connectivity index (χ2v) is 12.2. The summed E-state index contributed by atoms with van der Waals surface area (Å²) in [7, 11) is 0. The van der Waals surface area contributed by atoms with Gasteiger partial charge >= 0.3 is 0 Å². The van der Waals surface area contributed by atoms with Crippen molar-refractivity contribution >= 4 is 0 Å². The average molecular weight is 493 g/mol. The SMILES string of the molecule is CCCCCCCCCCCCCCCCCCCCCCCCCCCCCCC[C@H](C)CC. The van der Waals surface area contributed by atoms with Crippen molar-refractivity contribution in [3.63, 3.8) is 0 Å². The average Bonchev–Trinajstić information content (AvgIpc) is 2.87. The summed E-state index contributed by atoms with van der Waals surface area (Å²) in [5.74, 6) is 0.948. The Morgan fingerprint density at radius 2 is 0.486 bits per heavy atom. The lowest BCUT2D eigenvalue weighted by Gasteiger charge is -2.07. The molecular formula is C35H72. The third kappa shape index (κ3) is 32.0. The Kier molecular flexibility index (Phi) is 32.0. The molecule has 0 aromatic heterocycles. The van der Waals surface area contributed by atoms with Gasteiger partial charge in [0.1, 0.15) is 0 Å². The molecule has 0 aliphatic rings. The minimum Gasteiger partial charge on any atom is -0.0654 e. The molecule has 0 nitrogen and oxygen atoms in total. The predicted octanol–water partition coefficient (Wildman–Crippen LogP) is 13.8. The molecule has 1 atom stereocenters. The first kappa shape index (κ1) is 35.0. The van der Waals surface area contributed by atoms with Gasteiger partial charge in [0.05, 0.1) is 0 Å². The Labute approximate surface area is 225 Å². The standard InChI is InChI=1S/C35H72/c1-4-6-7-8-9-10-11-12-13-14-15-16-17-18-19-20-21-22-23-24-25-26-27-28-29-30-31-32-33-34-35(3)5-2/h35H,4-34H2,1-3H3/t35-/m1/s1. The van der Waals surface area contributed by atoms with Crippen LogP contribution < -0.4 is 0 Å². The highest BCUT2D eigenvalue weighted by Crippen LogP contribution is 2.17. The topological polar surface area (TPSA) is 0 Å². The van der Waals surface area contributed by atoms with E-state index in [0.717, 1.165) is 5.92 Å². The molecule has 0 heterocycles. The summed E-state index contributed by atoms with van der Waals surface area (Å²) in [5.41, 5.74) is 0. The van der Waals surface area contributed by atoms with Crippen LogP contribution in [0.4, 0.5) is 0 Å². The van der Waals surface area contributed by atoms with Crippen LogP contribution in [0.2, 0.25) is 0 Å². The molecule has 0 N–H and O–H groups in total. The fraction of sp³-hybridized carbons (Fsp3) is 1.00. The molecule has 0 radical (unpaired) electrons. The first-order chi connectivity index (χ1) is 17.3. The second kappa shape index (κ2) is 32.0. The molecule has 0 spiro atoms. The van der Waals surface area contributed by atoms with Gasteiger partial charge in [-0.15, -0.1) is 0 Å². The zero-order valence-electron chi connectivity index (χ0n) is 25.5. The molecule has 0 bridgehead atoms. The maximum atomic E-state index is 2.40. The summed E-state index contributed by atoms with van der Waals surface area (Å²) in [6, 6.07) is 0. The quantitative estimate of drug-likeness (QED) is 0.0844. The molecule has 0 aliphatic carbocycles. The Bertz CT molecular complexity index is 346. The molecule has 0 aromatic carbocycles. The van der Waals surface area contributed by atoms with Gasteiger partial charge in [-0.1, -0.05) is 220 Å². The normalized spacial score (nSPS) is 12.4. The van der Waals surface area contributed by atoms with E-state index in [4.69, 9.17) is 0 Å². The maximum Gasteiger partial charge on any atom is -0.0445 e. The van der Waals surface area contributed by atoms with Crippen LogP contribution in [-0.4, -0.2) is 0 Å². The number of hydrogen-bond acceptors (Lipinski definition) is 0. The van der Waals surface area contributed by atoms with Crippen LogP contribution >= 0.6 is 0 Å². The molecule has 212 valence electrons. The lowest BCUT2D eigenvalue weighted by Crippen LogP contribution is -1.91. The molecule has 0 aliphatic heterocycles. The first-order valence-electron chi connectivity index (χ1n) is 17.3. The van der Waals surface area contributed by atoms with Crippen molar-refractivity contribution in [2.24, 2.45) is 5.92 Å². The molecule has 0 saturated heterocycles. The molecule has 0 saturated carbocycles. The highest BCUT2D eigenvalue weighted by atomic mass is 14.1. The number of unbranched alkanes of at least 4 members (excludes halogenated alkanes) is 28. The van der Waals surface area contributed by atoms with Gasteiger partial charge in [-0.05, 0) is 5.92 Å². The zero-order chi connectivity index (χ0) is 25.5. The fourth-order valence-electron chi connectivity index (χ4n) is 5.54. The summed E-state index contributed by atoms with van der Waals surface area (Å²) >= 11 is 0. The molecule has 0 fully saturated rings. The lowest BCUT2D eigenvalue weighted by molar-refractivity contribution is 0.468. The van der Waals surface area contributed by atoms with Crippen molar-refractivity contribution in [1.29, 1.82) is 0 Å². The van der Waals surface area contributed by atoms with Gasteiger partial charge in [-0.3, -0.25) is 0 Å². The fourth-order valence-corrected chi connectivity index (χ4v) is 5.54. The Hall–Kier alpha value is 0. The lowest BCUT2D eigenvalue weighted by atomic mass is 9.99. The first-order valence-corrected chi connectivity index (χ1v) is 17.3. The van der Waals surface area contributed by atoms with E-state index < -0.39 is 0 Å². The van der Waals surface area contributed by atoms with Crippen LogP contribution in [0.15, 0.2) is 0 Å². The third-order valence-corrected chi connectivity index (χ3v) is 8.50. The molecule has 0 aromatic rings. The zero-order valence-corrected chi connectivity index (χ0v) is 25.5. The summed E-state index contributed by atoms with van der Waals surface area (Å²) < 4.78 is 0. The van der Waals surface area contributed by atoms with Crippen molar-refractivity contribution in [3.8, 4) is 0 Å². The highest BCUT2D eigenvalue weighted by Gasteiger charge is 1.99. The van der Waals surface area contributed by atoms with Crippen molar-refractivity contribution < 1.29 is 0 Å². The van der Waals surface area contributed by atoms with Gasteiger partial charge in [-0.2, -0.15) is 0 Å². The van der Waals surface area contributed by atoms with Crippen LogP contribution in [0.5, 0.6) is 0 Å². The van der Waals surface area contributed by atoms with Crippen molar-refractivity contribution in [3.05, 3.63) is 0 Å². The number of rotatable bonds is 31. The van der Waals surface area contributed by atoms with Gasteiger partial charge in [0.15, 0.2) is 0 Å². The highest BCUT2D eigenvalue weighted by molar-refractivity contribution is 4.54. The molecule has 0 amide bonds. The van der Waals surface area contributed by atoms with Crippen LogP contribution in [0.25, 0.3) is 0 Å². The summed E-state index contributed by atoms with van der Waals surface area (Å²) in [4.78, 5) is 0. The summed E-state index contributed by atoms with van der Waals surface area (Å²) in [6.07, 6.45) is 45.8. The maximum absolute atomic E-state index is 2.40. The largest absolute Gasteiger partial charge is 0.0654 e. The van der Waals surface area contributed by atoms with Crippen LogP contribution in [-0.2, 0) is 0 Å². The molecule has 35 heavy (non-hydrogen) atoms. The smallest absolute Gasteiger partial charge is 0.0445 e. The summed E-state index contributed by atoms with van der Waals surface area (Å²) in [5, 5.41) is 0. The third-order valence-electron chi connectivity index (χ3n) is 8.50. The van der Waals surface area contributed by atoms with E-state index in [1.807, 2.05) is 0 Å².